The Kier molecular flexibility index (Phi) is 6.37. The molecule has 0 saturated heterocycles. The van der Waals surface area contributed by atoms with Gasteiger partial charge in [0.2, 0.25) is 0 Å². The molecule has 0 rings (SSSR count). The van der Waals surface area contributed by atoms with E-state index in [1.54, 1.807) is 6.92 Å². The summed E-state index contributed by atoms with van der Waals surface area (Å²) in [4.78, 5) is 19.2. The van der Waals surface area contributed by atoms with Gasteiger partial charge in [-0.05, 0) is 24.3 Å². The Morgan fingerprint density at radius 2 is 2.15 bits per heavy atom. The van der Waals surface area contributed by atoms with Gasteiger partial charge in [-0.3, -0.25) is 0 Å². The minimum Gasteiger partial charge on any atom is -0.462 e. The van der Waals surface area contributed by atoms with Gasteiger partial charge in [0.05, 0.1) is 6.61 Å². The van der Waals surface area contributed by atoms with Crippen LogP contribution in [0.25, 0.3) is 0 Å². The van der Waals surface area contributed by atoms with Crippen LogP contribution in [0.2, 0.25) is 0 Å². The Balaban J connectivity index is 3.31. The van der Waals surface area contributed by atoms with Gasteiger partial charge in [0.1, 0.15) is 0 Å². The highest BCUT2D eigenvalue weighted by Gasteiger charge is 2.09. The van der Waals surface area contributed by atoms with Crippen LogP contribution in [0.15, 0.2) is 12.2 Å². The van der Waals surface area contributed by atoms with Gasteiger partial charge in [0.15, 0.2) is 6.16 Å². The van der Waals surface area contributed by atoms with Crippen molar-refractivity contribution in [3.63, 3.8) is 0 Å². The lowest BCUT2D eigenvalue weighted by atomic mass is 10.3. The van der Waals surface area contributed by atoms with Crippen molar-refractivity contribution in [1.29, 1.82) is 0 Å². The van der Waals surface area contributed by atoms with Crippen LogP contribution in [0.1, 0.15) is 19.8 Å². The minimum atomic E-state index is -2.05. The SMILES string of the molecule is C=C(C)C(=O)OCCCC[P+](=O)O. The predicted molar refractivity (Wildman–Crippen MR) is 49.7 cm³/mol. The smallest absolute Gasteiger partial charge is 0.462 e. The van der Waals surface area contributed by atoms with E-state index >= 15 is 0 Å². The molecule has 0 aromatic carbocycles. The number of carbonyl (C=O) groups excluding carboxylic acids is 1. The molecule has 74 valence electrons. The van der Waals surface area contributed by atoms with Gasteiger partial charge < -0.3 is 4.74 Å². The van der Waals surface area contributed by atoms with E-state index in [0.717, 1.165) is 0 Å². The zero-order valence-corrected chi connectivity index (χ0v) is 8.55. The largest absolute Gasteiger partial charge is 0.505 e. The molecule has 0 aromatic heterocycles. The summed E-state index contributed by atoms with van der Waals surface area (Å²) in [5, 5.41) is 0. The van der Waals surface area contributed by atoms with Crippen molar-refractivity contribution in [2.24, 2.45) is 0 Å². The standard InChI is InChI=1S/C8H13O4P/c1-7(2)8(9)12-5-3-4-6-13(10)11/h1,3-6H2,2H3/p+1. The quantitative estimate of drug-likeness (QED) is 0.310. The molecule has 0 fully saturated rings. The summed E-state index contributed by atoms with van der Waals surface area (Å²) in [6, 6.07) is 0. The van der Waals surface area contributed by atoms with E-state index in [-0.39, 0.29) is 12.8 Å². The van der Waals surface area contributed by atoms with E-state index in [9.17, 15) is 9.36 Å². The number of carbonyl (C=O) groups is 1. The fourth-order valence-electron chi connectivity index (χ4n) is 0.637. The molecule has 0 saturated carbocycles. The van der Waals surface area contributed by atoms with Crippen molar-refractivity contribution in [2.45, 2.75) is 19.8 Å². The average molecular weight is 205 g/mol. The van der Waals surface area contributed by atoms with Crippen LogP contribution in [-0.2, 0) is 14.1 Å². The van der Waals surface area contributed by atoms with E-state index in [2.05, 4.69) is 6.58 Å². The molecule has 1 unspecified atom stereocenters. The summed E-state index contributed by atoms with van der Waals surface area (Å²) >= 11 is 0. The fourth-order valence-corrected chi connectivity index (χ4v) is 1.13. The normalized spacial score (nSPS) is 10.8. The molecule has 5 heteroatoms. The molecule has 0 aliphatic rings. The van der Waals surface area contributed by atoms with Crippen molar-refractivity contribution in [3.8, 4) is 0 Å². The number of rotatable bonds is 6. The summed E-state index contributed by atoms with van der Waals surface area (Å²) in [5.41, 5.74) is 0.369. The van der Waals surface area contributed by atoms with Gasteiger partial charge in [-0.25, -0.2) is 4.79 Å². The van der Waals surface area contributed by atoms with Gasteiger partial charge in [-0.1, -0.05) is 6.58 Å². The molecule has 1 N–H and O–H groups in total. The molecular formula is C8H14O4P+. The lowest BCUT2D eigenvalue weighted by Crippen LogP contribution is -2.06. The highest BCUT2D eigenvalue weighted by molar-refractivity contribution is 7.37. The van der Waals surface area contributed by atoms with Gasteiger partial charge in [0, 0.05) is 5.57 Å². The third-order valence-electron chi connectivity index (χ3n) is 1.33. The molecule has 0 spiro atoms. The zero-order chi connectivity index (χ0) is 10.3. The van der Waals surface area contributed by atoms with E-state index in [4.69, 9.17) is 9.63 Å². The number of unbranched alkanes of at least 4 members (excludes halogenated alkanes) is 1. The summed E-state index contributed by atoms with van der Waals surface area (Å²) in [5.74, 6) is -0.409. The molecule has 4 nitrogen and oxygen atoms in total. The Bertz CT molecular complexity index is 212. The number of hydrogen-bond acceptors (Lipinski definition) is 3. The Morgan fingerprint density at radius 1 is 1.54 bits per heavy atom. The number of ether oxygens (including phenoxy) is 1. The monoisotopic (exact) mass is 205 g/mol. The lowest BCUT2D eigenvalue weighted by molar-refractivity contribution is -0.139. The summed E-state index contributed by atoms with van der Waals surface area (Å²) < 4.78 is 15.0. The molecular weight excluding hydrogens is 191 g/mol. The summed E-state index contributed by atoms with van der Waals surface area (Å²) in [7, 11) is -2.05. The third kappa shape index (κ3) is 7.62. The van der Waals surface area contributed by atoms with E-state index in [0.29, 0.717) is 18.4 Å². The second kappa shape index (κ2) is 6.75. The van der Waals surface area contributed by atoms with E-state index < -0.39 is 14.0 Å². The van der Waals surface area contributed by atoms with Crippen molar-refractivity contribution >= 4 is 14.0 Å². The minimum absolute atomic E-state index is 0.264. The molecule has 0 amide bonds. The Morgan fingerprint density at radius 3 is 2.62 bits per heavy atom. The maximum absolute atomic E-state index is 10.8. The average Bonchev–Trinajstić information content (AvgIpc) is 2.02. The van der Waals surface area contributed by atoms with Gasteiger partial charge in [0.25, 0.3) is 0 Å². The highest BCUT2D eigenvalue weighted by Crippen LogP contribution is 2.14. The number of hydrogen-bond donors (Lipinski definition) is 1. The molecule has 0 aliphatic heterocycles. The molecule has 13 heavy (non-hydrogen) atoms. The van der Waals surface area contributed by atoms with Crippen LogP contribution in [-0.4, -0.2) is 23.6 Å². The zero-order valence-electron chi connectivity index (χ0n) is 7.65. The second-order valence-electron chi connectivity index (χ2n) is 2.70. The Hall–Kier alpha value is -0.730. The van der Waals surface area contributed by atoms with Crippen molar-refractivity contribution in [1.82, 2.24) is 0 Å². The summed E-state index contributed by atoms with van der Waals surface area (Å²) in [6.45, 7) is 5.28. The van der Waals surface area contributed by atoms with Crippen molar-refractivity contribution in [2.75, 3.05) is 12.8 Å². The predicted octanol–water partition coefficient (Wildman–Crippen LogP) is 1.62. The van der Waals surface area contributed by atoms with E-state index in [1.807, 2.05) is 0 Å². The number of esters is 1. The second-order valence-corrected chi connectivity index (χ2v) is 3.85. The Labute approximate surface area is 78.5 Å². The van der Waals surface area contributed by atoms with Crippen LogP contribution < -0.4 is 0 Å². The molecule has 0 aliphatic carbocycles. The maximum atomic E-state index is 10.8. The van der Waals surface area contributed by atoms with Crippen LogP contribution >= 0.6 is 8.03 Å². The molecule has 1 atom stereocenters. The van der Waals surface area contributed by atoms with Crippen LogP contribution in [0.3, 0.4) is 0 Å². The van der Waals surface area contributed by atoms with Crippen LogP contribution in [0, 0.1) is 0 Å². The lowest BCUT2D eigenvalue weighted by Gasteiger charge is -2.01. The highest BCUT2D eigenvalue weighted by atomic mass is 31.1. The first-order valence-corrected chi connectivity index (χ1v) is 5.40. The first-order chi connectivity index (χ1) is 6.04. The molecule has 0 radical (unpaired) electrons. The van der Waals surface area contributed by atoms with Crippen molar-refractivity contribution < 1.29 is 19.0 Å². The maximum Gasteiger partial charge on any atom is 0.505 e. The molecule has 0 aromatic rings. The van der Waals surface area contributed by atoms with Crippen LogP contribution in [0.4, 0.5) is 0 Å². The van der Waals surface area contributed by atoms with Gasteiger partial charge in [-0.15, -0.1) is 0 Å². The first kappa shape index (κ1) is 12.3. The van der Waals surface area contributed by atoms with E-state index in [1.165, 1.54) is 0 Å². The fraction of sp³-hybridized carbons (Fsp3) is 0.625. The van der Waals surface area contributed by atoms with Crippen molar-refractivity contribution in [3.05, 3.63) is 12.2 Å². The van der Waals surface area contributed by atoms with Crippen LogP contribution in [0.5, 0.6) is 0 Å². The summed E-state index contributed by atoms with van der Waals surface area (Å²) in [6.07, 6.45) is 1.47. The topological polar surface area (TPSA) is 63.6 Å². The van der Waals surface area contributed by atoms with Gasteiger partial charge >= 0.3 is 14.0 Å². The molecule has 0 bridgehead atoms. The third-order valence-corrected chi connectivity index (χ3v) is 2.02. The molecule has 0 heterocycles. The first-order valence-electron chi connectivity index (χ1n) is 4.00. The van der Waals surface area contributed by atoms with Gasteiger partial charge in [-0.2, -0.15) is 4.89 Å².